The molecule has 0 aliphatic carbocycles. The molecule has 0 saturated heterocycles. The van der Waals surface area contributed by atoms with Crippen LogP contribution in [-0.4, -0.2) is 104 Å². The highest BCUT2D eigenvalue weighted by atomic mass is 32.2. The van der Waals surface area contributed by atoms with Gasteiger partial charge in [-0.25, -0.2) is 23.7 Å². The Hall–Kier alpha value is -3.11. The van der Waals surface area contributed by atoms with Gasteiger partial charge in [0.1, 0.15) is 32.5 Å². The normalized spacial score (nSPS) is 12.2. The second-order valence-electron chi connectivity index (χ2n) is 7.15. The number of carbonyl (C=O) groups is 5. The average Bonchev–Trinajstić information content (AvgIpc) is 2.88. The topological polar surface area (TPSA) is 222 Å². The van der Waals surface area contributed by atoms with Crippen LogP contribution in [-0.2, 0) is 47.2 Å². The summed E-state index contributed by atoms with van der Waals surface area (Å²) in [6, 6.07) is 0. The number of thioether (sulfide) groups is 1. The van der Waals surface area contributed by atoms with Gasteiger partial charge in [0.05, 0.1) is 25.6 Å². The van der Waals surface area contributed by atoms with Crippen LogP contribution < -0.4 is 10.6 Å². The van der Waals surface area contributed by atoms with Gasteiger partial charge in [-0.15, -0.1) is 0 Å². The lowest BCUT2D eigenvalue weighted by atomic mass is 10.2. The summed E-state index contributed by atoms with van der Waals surface area (Å²) in [7, 11) is -4.66. The van der Waals surface area contributed by atoms with E-state index in [0.717, 1.165) is 12.2 Å². The molecule has 0 spiro atoms. The minimum absolute atomic E-state index is 0.0402. The molecule has 2 atom stereocenters. The van der Waals surface area contributed by atoms with Gasteiger partial charge in [0.15, 0.2) is 0 Å². The summed E-state index contributed by atoms with van der Waals surface area (Å²) in [4.78, 5) is 75.2. The summed E-state index contributed by atoms with van der Waals surface area (Å²) < 4.78 is 39.4. The van der Waals surface area contributed by atoms with Crippen molar-refractivity contribution in [2.24, 2.45) is 5.92 Å². The van der Waals surface area contributed by atoms with Crippen molar-refractivity contribution < 1.29 is 66.5 Å². The van der Waals surface area contributed by atoms with Gasteiger partial charge in [-0.3, -0.25) is 9.32 Å². The maximum Gasteiger partial charge on any atom is 0.469 e. The molecule has 0 radical (unpaired) electrons. The van der Waals surface area contributed by atoms with Gasteiger partial charge in [0, 0.05) is 23.7 Å². The number of hydrogen-bond donors (Lipinski definition) is 4. The van der Waals surface area contributed by atoms with Gasteiger partial charge < -0.3 is 44.1 Å². The highest BCUT2D eigenvalue weighted by Crippen LogP contribution is 2.35. The second kappa shape index (κ2) is 20.8. The Bertz CT molecular complexity index is 881. The van der Waals surface area contributed by atoms with Crippen molar-refractivity contribution in [3.63, 3.8) is 0 Å². The molecule has 18 heteroatoms. The van der Waals surface area contributed by atoms with E-state index in [-0.39, 0.29) is 51.0 Å². The van der Waals surface area contributed by atoms with Gasteiger partial charge >= 0.3 is 37.9 Å². The molecule has 4 N–H and O–H groups in total. The van der Waals surface area contributed by atoms with Crippen molar-refractivity contribution in [1.29, 1.82) is 0 Å². The number of alkyl carbamates (subject to hydrolysis) is 2. The minimum Gasteiger partial charge on any atom is -0.463 e. The first-order chi connectivity index (χ1) is 18.4. The van der Waals surface area contributed by atoms with E-state index in [9.17, 15) is 28.5 Å². The molecule has 0 aromatic rings. The van der Waals surface area contributed by atoms with Crippen LogP contribution in [0.4, 0.5) is 9.59 Å². The fraction of sp³-hybridized carbons (Fsp3) is 0.571. The molecule has 0 saturated carbocycles. The van der Waals surface area contributed by atoms with Crippen LogP contribution in [0.3, 0.4) is 0 Å². The smallest absolute Gasteiger partial charge is 0.463 e. The van der Waals surface area contributed by atoms with E-state index in [1.807, 2.05) is 0 Å². The van der Waals surface area contributed by atoms with Crippen molar-refractivity contribution in [2.75, 3.05) is 57.6 Å². The molecule has 0 bridgehead atoms. The maximum absolute atomic E-state index is 12.1. The first-order valence-electron chi connectivity index (χ1n) is 11.3. The maximum atomic E-state index is 12.1. The van der Waals surface area contributed by atoms with E-state index in [2.05, 4.69) is 28.3 Å². The summed E-state index contributed by atoms with van der Waals surface area (Å²) in [6.07, 6.45) is -0.768. The minimum atomic E-state index is -4.66. The van der Waals surface area contributed by atoms with Crippen LogP contribution in [0.2, 0.25) is 0 Å². The molecule has 2 unspecified atom stereocenters. The summed E-state index contributed by atoms with van der Waals surface area (Å²) >= 11 is 1.18. The van der Waals surface area contributed by atoms with Crippen molar-refractivity contribution in [2.45, 2.75) is 13.0 Å². The van der Waals surface area contributed by atoms with E-state index in [1.54, 1.807) is 6.92 Å². The summed E-state index contributed by atoms with van der Waals surface area (Å²) in [6.45, 7) is 6.48. The van der Waals surface area contributed by atoms with Gasteiger partial charge in [-0.05, 0) is 0 Å². The van der Waals surface area contributed by atoms with Gasteiger partial charge in [0.25, 0.3) is 0 Å². The zero-order valence-electron chi connectivity index (χ0n) is 21.2. The second-order valence-corrected chi connectivity index (χ2v) is 9.47. The Morgan fingerprint density at radius 2 is 1.41 bits per heavy atom. The molecule has 2 amide bonds. The number of phosphoric ester groups is 1. The van der Waals surface area contributed by atoms with Gasteiger partial charge in [-0.1, -0.05) is 20.1 Å². The third-order valence-electron chi connectivity index (χ3n) is 3.90. The Kier molecular flexibility index (Phi) is 19.1. The lowest BCUT2D eigenvalue weighted by Gasteiger charge is -2.19. The van der Waals surface area contributed by atoms with Crippen LogP contribution in [0, 0.1) is 5.92 Å². The molecular weight excluding hydrogens is 567 g/mol. The Morgan fingerprint density at radius 1 is 0.846 bits per heavy atom. The van der Waals surface area contributed by atoms with Crippen LogP contribution >= 0.6 is 19.6 Å². The summed E-state index contributed by atoms with van der Waals surface area (Å²) in [5, 5.41) is 4.70. The molecule has 39 heavy (non-hydrogen) atoms. The monoisotopic (exact) mass is 600 g/mol. The Morgan fingerprint density at radius 3 is 1.95 bits per heavy atom. The average molecular weight is 601 g/mol. The number of carbonyl (C=O) groups excluding carboxylic acids is 5. The zero-order chi connectivity index (χ0) is 29.7. The number of rotatable bonds is 20. The largest absolute Gasteiger partial charge is 0.469 e. The molecule has 0 aromatic heterocycles. The van der Waals surface area contributed by atoms with E-state index >= 15 is 0 Å². The molecule has 0 aliphatic rings. The van der Waals surface area contributed by atoms with Gasteiger partial charge in [0.2, 0.25) is 0 Å². The number of hydrogen-bond acceptors (Lipinski definition) is 13. The molecule has 16 nitrogen and oxygen atoms in total. The van der Waals surface area contributed by atoms with E-state index < -0.39 is 56.5 Å². The number of nitrogens with one attached hydrogen (secondary N) is 2. The molecule has 222 valence electrons. The van der Waals surface area contributed by atoms with Crippen molar-refractivity contribution in [1.82, 2.24) is 10.6 Å². The third-order valence-corrected chi connectivity index (χ3v) is 5.76. The molecule has 0 rings (SSSR count). The Labute approximate surface area is 229 Å². The van der Waals surface area contributed by atoms with E-state index in [1.165, 1.54) is 11.8 Å². The molecule has 0 aliphatic heterocycles. The van der Waals surface area contributed by atoms with E-state index in [4.69, 9.17) is 33.5 Å². The first-order valence-corrected chi connectivity index (χ1v) is 13.9. The lowest BCUT2D eigenvalue weighted by molar-refractivity contribution is -0.148. The fourth-order valence-corrected chi connectivity index (χ4v) is 3.51. The van der Waals surface area contributed by atoms with Crippen molar-refractivity contribution in [3.05, 3.63) is 25.3 Å². The summed E-state index contributed by atoms with van der Waals surface area (Å²) in [5.74, 6) is -2.30. The molecule has 0 fully saturated rings. The quantitative estimate of drug-likeness (QED) is 0.0485. The third kappa shape index (κ3) is 21.5. The highest BCUT2D eigenvalue weighted by molar-refractivity contribution is 7.99. The van der Waals surface area contributed by atoms with Crippen LogP contribution in [0.25, 0.3) is 0 Å². The first kappa shape index (κ1) is 35.9. The highest BCUT2D eigenvalue weighted by Gasteiger charge is 2.21. The van der Waals surface area contributed by atoms with Crippen LogP contribution in [0.5, 0.6) is 0 Å². The molecule has 0 heterocycles. The predicted octanol–water partition coefficient (Wildman–Crippen LogP) is 0.288. The van der Waals surface area contributed by atoms with E-state index in [0.29, 0.717) is 0 Å². The van der Waals surface area contributed by atoms with Crippen LogP contribution in [0.1, 0.15) is 6.92 Å². The van der Waals surface area contributed by atoms with Gasteiger partial charge in [-0.2, -0.15) is 11.8 Å². The number of amides is 2. The standard InChI is InChI=1S/C21H33N2O14PS/c1-4-17(24)32-8-6-22-20(27)35-12-16(37-21(28)23-7-9-33-18(25)5-2)14-39-13-15(3)19(26)34-10-11-36-38(29,30)31/h4-5,15-16H,1-2,6-14H2,3H3,(H,22,27)(H,23,28)(H2,29,30,31). The molecular formula is C21H33N2O14PS. The predicted molar refractivity (Wildman–Crippen MR) is 135 cm³/mol. The number of esters is 3. The number of phosphoric acid groups is 1. The lowest BCUT2D eigenvalue weighted by Crippen LogP contribution is -2.37. The SMILES string of the molecule is C=CC(=O)OCCNC(=O)OCC(CSCC(C)C(=O)OCCOP(=O)(O)O)OC(=O)NCCOC(=O)C=C. The number of ether oxygens (including phenoxy) is 5. The van der Waals surface area contributed by atoms with Crippen molar-refractivity contribution >= 4 is 49.7 Å². The molecule has 0 aromatic carbocycles. The Balaban J connectivity index is 4.64. The zero-order valence-corrected chi connectivity index (χ0v) is 22.9. The fourth-order valence-electron chi connectivity index (χ4n) is 2.14. The van der Waals surface area contributed by atoms with Crippen molar-refractivity contribution in [3.8, 4) is 0 Å². The summed E-state index contributed by atoms with van der Waals surface area (Å²) in [5.41, 5.74) is 0. The van der Waals surface area contributed by atoms with Crippen LogP contribution in [0.15, 0.2) is 25.3 Å².